The maximum atomic E-state index is 6.28. The van der Waals surface area contributed by atoms with Crippen molar-refractivity contribution in [1.82, 2.24) is 0 Å². The summed E-state index contributed by atoms with van der Waals surface area (Å²) in [7, 11) is 0. The van der Waals surface area contributed by atoms with Crippen LogP contribution in [0.4, 0.5) is 0 Å². The van der Waals surface area contributed by atoms with E-state index in [0.717, 1.165) is 4.47 Å². The van der Waals surface area contributed by atoms with Gasteiger partial charge in [0.1, 0.15) is 0 Å². The van der Waals surface area contributed by atoms with E-state index in [9.17, 15) is 0 Å². The summed E-state index contributed by atoms with van der Waals surface area (Å²) in [5.74, 6) is 0. The lowest BCUT2D eigenvalue weighted by Crippen LogP contribution is -2.07. The molecular weight excluding hydrogens is 302 g/mol. The quantitative estimate of drug-likeness (QED) is 0.864. The Morgan fingerprint density at radius 2 is 1.62 bits per heavy atom. The van der Waals surface area contributed by atoms with Crippen LogP contribution in [0.3, 0.4) is 0 Å². The third-order valence-electron chi connectivity index (χ3n) is 2.67. The summed E-state index contributed by atoms with van der Waals surface area (Å²) < 4.78 is 1.16. The highest BCUT2D eigenvalue weighted by atomic mass is 79.9. The minimum Gasteiger partial charge on any atom is -0.319 e. The van der Waals surface area contributed by atoms with E-state index in [-0.39, 0.29) is 6.04 Å². The molecule has 0 fully saturated rings. The van der Waals surface area contributed by atoms with E-state index >= 15 is 0 Å². The van der Waals surface area contributed by atoms with Gasteiger partial charge in [-0.3, -0.25) is 0 Å². The molecule has 0 saturated heterocycles. The summed E-state index contributed by atoms with van der Waals surface area (Å²) in [4.78, 5) is 5.13. The highest BCUT2D eigenvalue weighted by Crippen LogP contribution is 2.35. The molecule has 1 atom stereocenters. The van der Waals surface area contributed by atoms with Crippen molar-refractivity contribution in [2.45, 2.75) is 26.8 Å². The van der Waals surface area contributed by atoms with Gasteiger partial charge in [0.15, 0.2) is 0 Å². The Labute approximate surface area is 112 Å². The van der Waals surface area contributed by atoms with Crippen LogP contribution in [0.15, 0.2) is 16.6 Å². The normalized spacial score (nSPS) is 13.1. The van der Waals surface area contributed by atoms with E-state index in [0.29, 0.717) is 0 Å². The second-order valence-corrected chi connectivity index (χ2v) is 7.35. The molecule has 0 amide bonds. The van der Waals surface area contributed by atoms with Crippen molar-refractivity contribution < 1.29 is 0 Å². The summed E-state index contributed by atoms with van der Waals surface area (Å²) in [6.45, 7) is 6.39. The summed E-state index contributed by atoms with van der Waals surface area (Å²) in [5.41, 5.74) is 7.62. The standard InChI is InChI=1S/C12H14BrNS2/c1-6-4-10(15-7(6)2)12(14)11-5-9(13)8(3)16-11/h4-5,12H,14H2,1-3H3. The Morgan fingerprint density at radius 1 is 1.06 bits per heavy atom. The molecule has 1 unspecified atom stereocenters. The molecule has 1 nitrogen and oxygen atoms in total. The number of thiophene rings is 2. The monoisotopic (exact) mass is 315 g/mol. The molecule has 0 saturated carbocycles. The zero-order chi connectivity index (χ0) is 11.9. The number of nitrogens with two attached hydrogens (primary N) is 1. The van der Waals surface area contributed by atoms with Gasteiger partial charge in [-0.2, -0.15) is 0 Å². The molecule has 0 aromatic carbocycles. The van der Waals surface area contributed by atoms with E-state index < -0.39 is 0 Å². The first-order valence-electron chi connectivity index (χ1n) is 5.07. The fourth-order valence-corrected chi connectivity index (χ4v) is 4.25. The van der Waals surface area contributed by atoms with Crippen molar-refractivity contribution in [3.8, 4) is 0 Å². The molecule has 2 aromatic heterocycles. The first kappa shape index (κ1) is 12.3. The number of rotatable bonds is 2. The van der Waals surface area contributed by atoms with Gasteiger partial charge >= 0.3 is 0 Å². The Bertz CT molecular complexity index is 428. The molecule has 2 heterocycles. The predicted octanol–water partition coefficient (Wildman–Crippen LogP) is 4.55. The molecule has 0 aliphatic carbocycles. The van der Waals surface area contributed by atoms with Gasteiger partial charge in [0, 0.05) is 24.0 Å². The van der Waals surface area contributed by atoms with E-state index in [1.165, 1.54) is 25.1 Å². The van der Waals surface area contributed by atoms with Crippen LogP contribution in [0.25, 0.3) is 0 Å². The smallest absolute Gasteiger partial charge is 0.0740 e. The van der Waals surface area contributed by atoms with Crippen LogP contribution in [-0.2, 0) is 0 Å². The average molecular weight is 316 g/mol. The third kappa shape index (κ3) is 2.25. The fourth-order valence-electron chi connectivity index (χ4n) is 1.53. The number of halogens is 1. The van der Waals surface area contributed by atoms with E-state index in [4.69, 9.17) is 5.73 Å². The Kier molecular flexibility index (Phi) is 3.54. The molecule has 0 aliphatic rings. The van der Waals surface area contributed by atoms with Gasteiger partial charge in [-0.15, -0.1) is 22.7 Å². The average Bonchev–Trinajstić information content (AvgIpc) is 2.72. The molecule has 4 heteroatoms. The van der Waals surface area contributed by atoms with Gasteiger partial charge in [0.05, 0.1) is 6.04 Å². The van der Waals surface area contributed by atoms with E-state index in [2.05, 4.69) is 48.8 Å². The van der Waals surface area contributed by atoms with Crippen LogP contribution in [-0.4, -0.2) is 0 Å². The fraction of sp³-hybridized carbons (Fsp3) is 0.333. The van der Waals surface area contributed by atoms with Crippen molar-refractivity contribution >= 4 is 38.6 Å². The second-order valence-electron chi connectivity index (χ2n) is 3.92. The molecule has 0 bridgehead atoms. The first-order valence-corrected chi connectivity index (χ1v) is 7.50. The summed E-state index contributed by atoms with van der Waals surface area (Å²) in [6, 6.07) is 4.36. The van der Waals surface area contributed by atoms with Gasteiger partial charge < -0.3 is 5.73 Å². The topological polar surface area (TPSA) is 26.0 Å². The third-order valence-corrected chi connectivity index (χ3v) is 6.13. The summed E-state index contributed by atoms with van der Waals surface area (Å²) >= 11 is 7.10. The SMILES string of the molecule is Cc1cc(C(N)c2cc(Br)c(C)s2)sc1C. The van der Waals surface area contributed by atoms with Crippen LogP contribution in [0, 0.1) is 20.8 Å². The van der Waals surface area contributed by atoms with Crippen molar-refractivity contribution in [1.29, 1.82) is 0 Å². The Balaban J connectivity index is 2.34. The maximum absolute atomic E-state index is 6.28. The molecule has 0 spiro atoms. The molecule has 2 rings (SSSR count). The van der Waals surface area contributed by atoms with E-state index in [1.54, 1.807) is 22.7 Å². The van der Waals surface area contributed by atoms with Crippen LogP contribution in [0.1, 0.15) is 31.1 Å². The van der Waals surface area contributed by atoms with Gasteiger partial charge in [0.25, 0.3) is 0 Å². The van der Waals surface area contributed by atoms with Gasteiger partial charge in [0.2, 0.25) is 0 Å². The maximum Gasteiger partial charge on any atom is 0.0740 e. The molecule has 16 heavy (non-hydrogen) atoms. The highest BCUT2D eigenvalue weighted by Gasteiger charge is 2.15. The van der Waals surface area contributed by atoms with Gasteiger partial charge in [-0.1, -0.05) is 0 Å². The molecule has 86 valence electrons. The lowest BCUT2D eigenvalue weighted by atomic mass is 10.2. The number of hydrogen-bond donors (Lipinski definition) is 1. The Hall–Kier alpha value is -0.160. The van der Waals surface area contributed by atoms with Crippen molar-refractivity contribution in [3.63, 3.8) is 0 Å². The number of hydrogen-bond acceptors (Lipinski definition) is 3. The largest absolute Gasteiger partial charge is 0.319 e. The zero-order valence-corrected chi connectivity index (χ0v) is 12.7. The van der Waals surface area contributed by atoms with Crippen molar-refractivity contribution in [2.24, 2.45) is 5.73 Å². The molecule has 0 aliphatic heterocycles. The zero-order valence-electron chi connectivity index (χ0n) is 9.50. The van der Waals surface area contributed by atoms with Crippen LogP contribution in [0.2, 0.25) is 0 Å². The van der Waals surface area contributed by atoms with Crippen LogP contribution >= 0.6 is 38.6 Å². The van der Waals surface area contributed by atoms with Gasteiger partial charge in [-0.25, -0.2) is 0 Å². The van der Waals surface area contributed by atoms with Crippen LogP contribution < -0.4 is 5.73 Å². The van der Waals surface area contributed by atoms with Crippen LogP contribution in [0.5, 0.6) is 0 Å². The number of aryl methyl sites for hydroxylation is 3. The van der Waals surface area contributed by atoms with Gasteiger partial charge in [-0.05, 0) is 54.4 Å². The molecule has 2 N–H and O–H groups in total. The minimum atomic E-state index is 0.0207. The predicted molar refractivity (Wildman–Crippen MR) is 76.6 cm³/mol. The Morgan fingerprint density at radius 3 is 2.06 bits per heavy atom. The van der Waals surface area contributed by atoms with Crippen molar-refractivity contribution in [3.05, 3.63) is 41.7 Å². The lowest BCUT2D eigenvalue weighted by Gasteiger charge is -2.05. The molecule has 0 radical (unpaired) electrons. The molecule has 2 aromatic rings. The minimum absolute atomic E-state index is 0.0207. The molecular formula is C12H14BrNS2. The van der Waals surface area contributed by atoms with Crippen molar-refractivity contribution in [2.75, 3.05) is 0 Å². The summed E-state index contributed by atoms with van der Waals surface area (Å²) in [5, 5.41) is 0. The second kappa shape index (κ2) is 4.61. The first-order chi connectivity index (χ1) is 7.49. The van der Waals surface area contributed by atoms with E-state index in [1.807, 2.05) is 0 Å². The summed E-state index contributed by atoms with van der Waals surface area (Å²) in [6.07, 6.45) is 0. The highest BCUT2D eigenvalue weighted by molar-refractivity contribution is 9.10. The lowest BCUT2D eigenvalue weighted by molar-refractivity contribution is 0.916.